The first kappa shape index (κ1) is 18.4. The van der Waals surface area contributed by atoms with Crippen LogP contribution in [0.3, 0.4) is 0 Å². The van der Waals surface area contributed by atoms with Crippen molar-refractivity contribution < 1.29 is 8.42 Å². The summed E-state index contributed by atoms with van der Waals surface area (Å²) < 4.78 is 27.1. The zero-order valence-electron chi connectivity index (χ0n) is 14.8. The molecule has 0 saturated carbocycles. The lowest BCUT2D eigenvalue weighted by molar-refractivity contribution is 0.180. The molecule has 0 radical (unpaired) electrons. The smallest absolute Gasteiger partial charge is 0.243 e. The third-order valence-corrected chi connectivity index (χ3v) is 6.45. The molecule has 0 N–H and O–H groups in total. The summed E-state index contributed by atoms with van der Waals surface area (Å²) in [6.45, 7) is 12.6. The lowest BCUT2D eigenvalue weighted by Crippen LogP contribution is -2.48. The van der Waals surface area contributed by atoms with Crippen LogP contribution in [0.15, 0.2) is 29.2 Å². The maximum absolute atomic E-state index is 12.7. The molecule has 130 valence electrons. The standard InChI is InChI=1S/C18H30N2O2S/c1-15(2)9-10-19-11-13-20(14-12-19)23(21,22)18-7-5-17(6-8-18)16(3)4/h5-8,15-16H,9-14H2,1-4H3. The van der Waals surface area contributed by atoms with Gasteiger partial charge in [-0.25, -0.2) is 8.42 Å². The number of rotatable bonds is 6. The van der Waals surface area contributed by atoms with Crippen LogP contribution in [-0.4, -0.2) is 50.3 Å². The monoisotopic (exact) mass is 338 g/mol. The Balaban J connectivity index is 1.98. The summed E-state index contributed by atoms with van der Waals surface area (Å²) in [5.41, 5.74) is 1.17. The van der Waals surface area contributed by atoms with Crippen molar-refractivity contribution in [3.63, 3.8) is 0 Å². The Morgan fingerprint density at radius 3 is 2.00 bits per heavy atom. The van der Waals surface area contributed by atoms with Gasteiger partial charge in [-0.05, 0) is 42.5 Å². The Kier molecular flexibility index (Phi) is 6.23. The van der Waals surface area contributed by atoms with Crippen LogP contribution in [0, 0.1) is 5.92 Å². The van der Waals surface area contributed by atoms with E-state index in [1.165, 1.54) is 12.0 Å². The van der Waals surface area contributed by atoms with Crippen molar-refractivity contribution >= 4 is 10.0 Å². The minimum Gasteiger partial charge on any atom is -0.301 e. The maximum Gasteiger partial charge on any atom is 0.243 e. The molecule has 1 saturated heterocycles. The van der Waals surface area contributed by atoms with E-state index < -0.39 is 10.0 Å². The average molecular weight is 339 g/mol. The molecule has 1 aromatic rings. The normalized spacial score (nSPS) is 18.0. The van der Waals surface area contributed by atoms with Crippen LogP contribution in [0.25, 0.3) is 0 Å². The van der Waals surface area contributed by atoms with Crippen LogP contribution in [0.1, 0.15) is 45.6 Å². The molecule has 1 aliphatic rings. The first-order valence-electron chi connectivity index (χ1n) is 8.63. The number of hydrogen-bond acceptors (Lipinski definition) is 3. The molecule has 0 bridgehead atoms. The largest absolute Gasteiger partial charge is 0.301 e. The molecule has 1 heterocycles. The summed E-state index contributed by atoms with van der Waals surface area (Å²) >= 11 is 0. The van der Waals surface area contributed by atoms with Gasteiger partial charge in [-0.3, -0.25) is 0 Å². The molecule has 0 amide bonds. The fourth-order valence-corrected chi connectivity index (χ4v) is 4.23. The summed E-state index contributed by atoms with van der Waals surface area (Å²) in [6, 6.07) is 7.35. The molecule has 23 heavy (non-hydrogen) atoms. The van der Waals surface area contributed by atoms with Gasteiger partial charge in [-0.1, -0.05) is 39.8 Å². The lowest BCUT2D eigenvalue weighted by atomic mass is 10.0. The summed E-state index contributed by atoms with van der Waals surface area (Å²) in [7, 11) is -3.35. The van der Waals surface area contributed by atoms with Crippen molar-refractivity contribution in [3.05, 3.63) is 29.8 Å². The third kappa shape index (κ3) is 4.78. The minimum atomic E-state index is -3.35. The summed E-state index contributed by atoms with van der Waals surface area (Å²) in [5, 5.41) is 0. The highest BCUT2D eigenvalue weighted by molar-refractivity contribution is 7.89. The fourth-order valence-electron chi connectivity index (χ4n) is 2.81. The molecule has 5 heteroatoms. The Labute approximate surface area is 141 Å². The van der Waals surface area contributed by atoms with Gasteiger partial charge in [-0.2, -0.15) is 4.31 Å². The minimum absolute atomic E-state index is 0.413. The van der Waals surface area contributed by atoms with Gasteiger partial charge in [0, 0.05) is 26.2 Å². The van der Waals surface area contributed by atoms with Gasteiger partial charge in [0.15, 0.2) is 0 Å². The van der Waals surface area contributed by atoms with Gasteiger partial charge in [0.1, 0.15) is 0 Å². The molecular formula is C18H30N2O2S. The topological polar surface area (TPSA) is 40.6 Å². The van der Waals surface area contributed by atoms with Gasteiger partial charge in [0.25, 0.3) is 0 Å². The highest BCUT2D eigenvalue weighted by atomic mass is 32.2. The highest BCUT2D eigenvalue weighted by Crippen LogP contribution is 2.21. The van der Waals surface area contributed by atoms with E-state index in [4.69, 9.17) is 0 Å². The Morgan fingerprint density at radius 1 is 0.957 bits per heavy atom. The first-order valence-corrected chi connectivity index (χ1v) is 10.1. The van der Waals surface area contributed by atoms with Crippen molar-refractivity contribution in [2.75, 3.05) is 32.7 Å². The van der Waals surface area contributed by atoms with Gasteiger partial charge in [0.2, 0.25) is 10.0 Å². The van der Waals surface area contributed by atoms with E-state index in [1.807, 2.05) is 12.1 Å². The lowest BCUT2D eigenvalue weighted by Gasteiger charge is -2.34. The van der Waals surface area contributed by atoms with Gasteiger partial charge < -0.3 is 4.90 Å². The van der Waals surface area contributed by atoms with Crippen molar-refractivity contribution in [2.24, 2.45) is 5.92 Å². The van der Waals surface area contributed by atoms with Crippen LogP contribution < -0.4 is 0 Å². The second-order valence-corrected chi connectivity index (χ2v) is 9.09. The Bertz CT molecular complexity index is 586. The van der Waals surface area contributed by atoms with Crippen LogP contribution in [0.2, 0.25) is 0 Å². The molecule has 0 aromatic heterocycles. The quantitative estimate of drug-likeness (QED) is 0.800. The van der Waals surface area contributed by atoms with E-state index in [1.54, 1.807) is 16.4 Å². The first-order chi connectivity index (χ1) is 10.8. The molecule has 1 fully saturated rings. The number of nitrogens with zero attached hydrogens (tertiary/aromatic N) is 2. The van der Waals surface area contributed by atoms with E-state index in [-0.39, 0.29) is 0 Å². The van der Waals surface area contributed by atoms with Gasteiger partial charge in [0.05, 0.1) is 4.90 Å². The molecule has 0 spiro atoms. The van der Waals surface area contributed by atoms with Crippen molar-refractivity contribution in [1.29, 1.82) is 0 Å². The molecule has 0 aliphatic carbocycles. The van der Waals surface area contributed by atoms with E-state index >= 15 is 0 Å². The molecular weight excluding hydrogens is 308 g/mol. The predicted octanol–water partition coefficient (Wildman–Crippen LogP) is 3.16. The van der Waals surface area contributed by atoms with Crippen LogP contribution in [0.4, 0.5) is 0 Å². The van der Waals surface area contributed by atoms with Crippen LogP contribution >= 0.6 is 0 Å². The number of hydrogen-bond donors (Lipinski definition) is 0. The van der Waals surface area contributed by atoms with Crippen LogP contribution in [0.5, 0.6) is 0 Å². The van der Waals surface area contributed by atoms with Crippen LogP contribution in [-0.2, 0) is 10.0 Å². The molecule has 4 nitrogen and oxygen atoms in total. The maximum atomic E-state index is 12.7. The molecule has 1 aromatic carbocycles. The zero-order chi connectivity index (χ0) is 17.0. The van der Waals surface area contributed by atoms with Gasteiger partial charge in [-0.15, -0.1) is 0 Å². The summed E-state index contributed by atoms with van der Waals surface area (Å²) in [4.78, 5) is 2.78. The molecule has 0 unspecified atom stereocenters. The number of piperazine rings is 1. The summed E-state index contributed by atoms with van der Waals surface area (Å²) in [5.74, 6) is 1.10. The Morgan fingerprint density at radius 2 is 1.52 bits per heavy atom. The molecule has 2 rings (SSSR count). The van der Waals surface area contributed by atoms with Gasteiger partial charge >= 0.3 is 0 Å². The zero-order valence-corrected chi connectivity index (χ0v) is 15.6. The third-order valence-electron chi connectivity index (χ3n) is 4.54. The number of sulfonamides is 1. The van der Waals surface area contributed by atoms with Crippen molar-refractivity contribution in [2.45, 2.75) is 44.9 Å². The van der Waals surface area contributed by atoms with E-state index in [2.05, 4.69) is 32.6 Å². The highest BCUT2D eigenvalue weighted by Gasteiger charge is 2.28. The SMILES string of the molecule is CC(C)CCN1CCN(S(=O)(=O)c2ccc(C(C)C)cc2)CC1. The van der Waals surface area contributed by atoms with E-state index in [9.17, 15) is 8.42 Å². The fraction of sp³-hybridized carbons (Fsp3) is 0.667. The molecule has 1 aliphatic heterocycles. The average Bonchev–Trinajstić information content (AvgIpc) is 2.53. The van der Waals surface area contributed by atoms with Crippen molar-refractivity contribution in [3.8, 4) is 0 Å². The molecule has 0 atom stereocenters. The van der Waals surface area contributed by atoms with E-state index in [0.29, 0.717) is 29.8 Å². The number of benzene rings is 1. The Hall–Kier alpha value is -0.910. The second-order valence-electron chi connectivity index (χ2n) is 7.15. The predicted molar refractivity (Wildman–Crippen MR) is 95.2 cm³/mol. The second kappa shape index (κ2) is 7.77. The van der Waals surface area contributed by atoms with E-state index in [0.717, 1.165) is 19.6 Å². The summed E-state index contributed by atoms with van der Waals surface area (Å²) in [6.07, 6.45) is 1.17. The van der Waals surface area contributed by atoms with Crippen molar-refractivity contribution in [1.82, 2.24) is 9.21 Å².